The second-order valence-electron chi connectivity index (χ2n) is 12.9. The molecule has 0 aromatic heterocycles. The summed E-state index contributed by atoms with van der Waals surface area (Å²) in [6.45, 7) is 10.9. The Morgan fingerprint density at radius 2 is 0.955 bits per heavy atom. The first-order valence-corrected chi connectivity index (χ1v) is 15.8. The van der Waals surface area contributed by atoms with Crippen molar-refractivity contribution in [2.75, 3.05) is 0 Å². The van der Waals surface area contributed by atoms with E-state index in [-0.39, 0.29) is 54.3 Å². The zero-order valence-electron chi connectivity index (χ0n) is 28.5. The molecule has 0 fully saturated rings. The van der Waals surface area contributed by atoms with Crippen LogP contribution in [0.4, 0.5) is 4.79 Å². The van der Waals surface area contributed by atoms with Crippen molar-refractivity contribution in [3.05, 3.63) is 0 Å². The summed E-state index contributed by atoms with van der Waals surface area (Å²) in [5.41, 5.74) is -1.09. The van der Waals surface area contributed by atoms with Crippen LogP contribution in [0.3, 0.4) is 0 Å². The standard InChI is InChI=1S/C31H57NO7.CH2O3.Na/c1-30(2,3)38-28(36)22-20-18-16-14-12-10-8-7-9-11-13-15-17-19-21-26(33)32-25(23-24-27(34)35)29(37)39-31(4,5)6;2-1(3)4;/h25H,7-24H2,1-6H3,(H,32,33)(H,34,35);(H2,2,3,4);/q;;+1/p-1. The van der Waals surface area contributed by atoms with Crippen molar-refractivity contribution in [2.24, 2.45) is 0 Å². The Labute approximate surface area is 286 Å². The van der Waals surface area contributed by atoms with E-state index in [0.717, 1.165) is 32.1 Å². The first-order chi connectivity index (χ1) is 19.9. The summed E-state index contributed by atoms with van der Waals surface area (Å²) in [6, 6.07) is -0.933. The Morgan fingerprint density at radius 1 is 0.614 bits per heavy atom. The molecule has 3 N–H and O–H groups in total. The maximum Gasteiger partial charge on any atom is 1.00 e. The van der Waals surface area contributed by atoms with Gasteiger partial charge in [0.15, 0.2) is 0 Å². The van der Waals surface area contributed by atoms with Crippen LogP contribution in [0.2, 0.25) is 0 Å². The molecule has 12 heteroatoms. The van der Waals surface area contributed by atoms with Crippen LogP contribution in [0, 0.1) is 0 Å². The molecule has 0 radical (unpaired) electrons. The van der Waals surface area contributed by atoms with Gasteiger partial charge in [0.25, 0.3) is 0 Å². The van der Waals surface area contributed by atoms with Crippen LogP contribution in [0.15, 0.2) is 0 Å². The van der Waals surface area contributed by atoms with E-state index in [9.17, 15) is 19.2 Å². The number of hydrogen-bond donors (Lipinski definition) is 3. The zero-order valence-corrected chi connectivity index (χ0v) is 30.5. The molecule has 252 valence electrons. The molecule has 0 aliphatic carbocycles. The number of hydrogen-bond acceptors (Lipinski definition) is 8. The monoisotopic (exact) mass is 639 g/mol. The summed E-state index contributed by atoms with van der Waals surface area (Å²) >= 11 is 0. The second kappa shape index (κ2) is 27.5. The van der Waals surface area contributed by atoms with Crippen molar-refractivity contribution in [2.45, 2.75) is 174 Å². The average molecular weight is 640 g/mol. The van der Waals surface area contributed by atoms with E-state index >= 15 is 0 Å². The predicted molar refractivity (Wildman–Crippen MR) is 162 cm³/mol. The van der Waals surface area contributed by atoms with Gasteiger partial charge in [0.1, 0.15) is 17.2 Å². The third-order valence-electron chi connectivity index (χ3n) is 6.13. The van der Waals surface area contributed by atoms with Crippen LogP contribution in [0.1, 0.15) is 157 Å². The van der Waals surface area contributed by atoms with E-state index in [1.54, 1.807) is 20.8 Å². The van der Waals surface area contributed by atoms with Gasteiger partial charge >= 0.3 is 47.5 Å². The minimum atomic E-state index is -2.08. The second-order valence-corrected chi connectivity index (χ2v) is 12.9. The number of carbonyl (C=O) groups excluding carboxylic acids is 3. The number of aliphatic carboxylic acids is 1. The summed E-state index contributed by atoms with van der Waals surface area (Å²) in [4.78, 5) is 55.6. The molecule has 1 unspecified atom stereocenters. The Balaban J connectivity index is -0.00000315. The maximum absolute atomic E-state index is 12.3. The van der Waals surface area contributed by atoms with E-state index in [0.29, 0.717) is 12.8 Å². The fraction of sp³-hybridized carbons (Fsp3) is 0.844. The van der Waals surface area contributed by atoms with Gasteiger partial charge in [-0.25, -0.2) is 4.79 Å². The average Bonchev–Trinajstić information content (AvgIpc) is 2.83. The minimum absolute atomic E-state index is 0. The first kappa shape index (κ1) is 46.6. The van der Waals surface area contributed by atoms with Crippen molar-refractivity contribution in [3.63, 3.8) is 0 Å². The largest absolute Gasteiger partial charge is 1.00 e. The number of carboxylic acids is 1. The first-order valence-electron chi connectivity index (χ1n) is 15.8. The van der Waals surface area contributed by atoms with E-state index in [4.69, 9.17) is 29.6 Å². The van der Waals surface area contributed by atoms with E-state index < -0.39 is 35.3 Å². The molecule has 11 nitrogen and oxygen atoms in total. The molecule has 0 saturated carbocycles. The van der Waals surface area contributed by atoms with Crippen LogP contribution in [0.5, 0.6) is 0 Å². The van der Waals surface area contributed by atoms with Crippen LogP contribution in [-0.2, 0) is 28.7 Å². The number of amides is 1. The molecule has 0 saturated heterocycles. The molecule has 0 heterocycles. The number of nitrogens with one attached hydrogen (secondary N) is 1. The van der Waals surface area contributed by atoms with Crippen LogP contribution in [-0.4, -0.2) is 57.4 Å². The smallest absolute Gasteiger partial charge is 0.565 e. The summed E-state index contributed by atoms with van der Waals surface area (Å²) < 4.78 is 10.6. The molecule has 0 spiro atoms. The molecule has 0 aliphatic heterocycles. The van der Waals surface area contributed by atoms with Gasteiger partial charge in [0.05, 0.1) is 0 Å². The van der Waals surface area contributed by atoms with Gasteiger partial charge in [-0.3, -0.25) is 14.4 Å². The third-order valence-corrected chi connectivity index (χ3v) is 6.13. The summed E-state index contributed by atoms with van der Waals surface area (Å²) in [7, 11) is 0. The minimum Gasteiger partial charge on any atom is -0.565 e. The van der Waals surface area contributed by atoms with Crippen molar-refractivity contribution in [3.8, 4) is 0 Å². The molecular weight excluding hydrogens is 581 g/mol. The van der Waals surface area contributed by atoms with Gasteiger partial charge in [-0.05, 0) is 60.8 Å². The topological polar surface area (TPSA) is 179 Å². The molecule has 1 amide bonds. The van der Waals surface area contributed by atoms with E-state index in [2.05, 4.69) is 5.32 Å². The van der Waals surface area contributed by atoms with E-state index in [1.807, 2.05) is 20.8 Å². The third kappa shape index (κ3) is 38.2. The van der Waals surface area contributed by atoms with Gasteiger partial charge in [-0.15, -0.1) is 0 Å². The zero-order chi connectivity index (χ0) is 33.3. The van der Waals surface area contributed by atoms with E-state index in [1.165, 1.54) is 57.8 Å². The predicted octanol–water partition coefficient (Wildman–Crippen LogP) is 3.15. The van der Waals surface area contributed by atoms with Crippen LogP contribution in [0.25, 0.3) is 0 Å². The number of carboxylic acid groups (broad SMARTS) is 3. The SMILES string of the molecule is CC(C)(C)OC(=O)CCCCCCCCCCCCCCCCC(=O)NC(CCC(=O)O)C(=O)OC(C)(C)C.O=C([O-])O.[Na+]. The maximum atomic E-state index is 12.3. The number of unbranched alkanes of at least 4 members (excludes halogenated alkanes) is 13. The Hall–Kier alpha value is -1.85. The van der Waals surface area contributed by atoms with Gasteiger partial charge in [0, 0.05) is 19.3 Å². The van der Waals surface area contributed by atoms with Gasteiger partial charge in [-0.2, -0.15) is 0 Å². The Morgan fingerprint density at radius 3 is 1.30 bits per heavy atom. The Kier molecular flexibility index (Phi) is 29.1. The molecule has 44 heavy (non-hydrogen) atoms. The molecule has 0 bridgehead atoms. The van der Waals surface area contributed by atoms with Crippen molar-refractivity contribution in [1.82, 2.24) is 5.32 Å². The molecule has 1 atom stereocenters. The summed E-state index contributed by atoms with van der Waals surface area (Å²) in [5, 5.41) is 26.9. The summed E-state index contributed by atoms with van der Waals surface area (Å²) in [5.74, 6) is -1.93. The van der Waals surface area contributed by atoms with Crippen molar-refractivity contribution in [1.29, 1.82) is 0 Å². The number of esters is 2. The quantitative estimate of drug-likeness (QED) is 0.0905. The fourth-order valence-corrected chi connectivity index (χ4v) is 4.22. The summed E-state index contributed by atoms with van der Waals surface area (Å²) in [6.07, 6.45) is 14.5. The Bertz CT molecular complexity index is 802. The molecule has 0 aliphatic rings. The number of carbonyl (C=O) groups is 5. The molecule has 0 rings (SSSR count). The number of ether oxygens (including phenoxy) is 2. The molecule has 0 aromatic carbocycles. The van der Waals surface area contributed by atoms with Gasteiger partial charge in [0.2, 0.25) is 12.1 Å². The number of rotatable bonds is 22. The van der Waals surface area contributed by atoms with Gasteiger partial charge in [-0.1, -0.05) is 77.0 Å². The van der Waals surface area contributed by atoms with Crippen LogP contribution >= 0.6 is 0 Å². The van der Waals surface area contributed by atoms with Crippen molar-refractivity contribution < 1.29 is 78.3 Å². The molecular formula is C32H58NNaO10. The van der Waals surface area contributed by atoms with Crippen molar-refractivity contribution >= 4 is 30.0 Å². The molecule has 0 aromatic rings. The fourth-order valence-electron chi connectivity index (χ4n) is 4.22. The van der Waals surface area contributed by atoms with Crippen LogP contribution < -0.4 is 40.0 Å². The van der Waals surface area contributed by atoms with Gasteiger partial charge < -0.3 is 34.9 Å². The normalized spacial score (nSPS) is 11.7.